The minimum atomic E-state index is -1.27. The molecule has 2 saturated heterocycles. The summed E-state index contributed by atoms with van der Waals surface area (Å²) in [4.78, 5) is 35.5. The molecule has 12 heteroatoms. The molecule has 4 heterocycles. The van der Waals surface area contributed by atoms with Crippen molar-refractivity contribution in [3.63, 3.8) is 0 Å². The molecule has 0 aromatic carbocycles. The van der Waals surface area contributed by atoms with Gasteiger partial charge in [-0.2, -0.15) is 13.8 Å². The second-order valence-corrected chi connectivity index (χ2v) is 8.32. The van der Waals surface area contributed by atoms with Crippen molar-refractivity contribution in [3.05, 3.63) is 41.9 Å². The fourth-order valence-corrected chi connectivity index (χ4v) is 3.72. The molecule has 0 aliphatic carbocycles. The van der Waals surface area contributed by atoms with Crippen molar-refractivity contribution in [2.75, 3.05) is 31.6 Å². The summed E-state index contributed by atoms with van der Waals surface area (Å²) in [5, 5.41) is 3.18. The molecular weight excluding hydrogens is 450 g/mol. The molecule has 10 nitrogen and oxygen atoms in total. The zero-order chi connectivity index (χ0) is 24.4. The number of rotatable bonds is 8. The number of nitrogens with one attached hydrogen (secondary N) is 1. The predicted molar refractivity (Wildman–Crippen MR) is 118 cm³/mol. The van der Waals surface area contributed by atoms with Crippen LogP contribution in [0, 0.1) is 11.9 Å². The number of urea groups is 1. The standard InChI is InChI=1S/C22H26F2N6O4/c1-12(14-7-9-26-14)34-16-4-6-18(24)28-20(16)30(22(25)32)21(31)19-15(3-5-17(23)27-19)33-11-13-8-10-29(13)2/h3-6,12-14,26H,7-11H2,1-2H3,(H2,25,32)/t12?,13-,14+/m1/s1. The maximum absolute atomic E-state index is 14.1. The number of likely N-dealkylation sites (N-methyl/N-ethyl adjacent to an activating group) is 1. The van der Waals surface area contributed by atoms with E-state index in [1.54, 1.807) is 6.92 Å². The minimum Gasteiger partial charge on any atom is -0.489 e. The molecule has 2 fully saturated rings. The number of ether oxygens (including phenoxy) is 2. The van der Waals surface area contributed by atoms with Gasteiger partial charge in [-0.05, 0) is 64.2 Å². The molecule has 0 spiro atoms. The highest BCUT2D eigenvalue weighted by molar-refractivity contribution is 6.20. The Balaban J connectivity index is 1.65. The summed E-state index contributed by atoms with van der Waals surface area (Å²) in [5.74, 6) is -3.59. The quantitative estimate of drug-likeness (QED) is 0.552. The molecule has 0 bridgehead atoms. The van der Waals surface area contributed by atoms with E-state index in [9.17, 15) is 18.4 Å². The zero-order valence-electron chi connectivity index (χ0n) is 18.8. The molecule has 34 heavy (non-hydrogen) atoms. The summed E-state index contributed by atoms with van der Waals surface area (Å²) >= 11 is 0. The van der Waals surface area contributed by atoms with Gasteiger partial charge in [-0.15, -0.1) is 0 Å². The highest BCUT2D eigenvalue weighted by Crippen LogP contribution is 2.31. The SMILES string of the molecule is CC(Oc1ccc(F)nc1N(C(N)=O)C(=O)c1nc(F)ccc1OC[C@H]1CCN1C)[C@@H]1CCN1. The highest BCUT2D eigenvalue weighted by Gasteiger charge is 2.34. The largest absolute Gasteiger partial charge is 0.489 e. The summed E-state index contributed by atoms with van der Waals surface area (Å²) in [5.41, 5.74) is 4.99. The number of carbonyl (C=O) groups is 2. The molecule has 3 atom stereocenters. The predicted octanol–water partition coefficient (Wildman–Crippen LogP) is 1.69. The lowest BCUT2D eigenvalue weighted by molar-refractivity contribution is 0.0755. The molecule has 3 N–H and O–H groups in total. The van der Waals surface area contributed by atoms with E-state index >= 15 is 0 Å². The van der Waals surface area contributed by atoms with Gasteiger partial charge in [-0.3, -0.25) is 9.69 Å². The second kappa shape index (κ2) is 9.85. The molecule has 1 unspecified atom stereocenters. The van der Waals surface area contributed by atoms with Gasteiger partial charge in [0, 0.05) is 12.1 Å². The number of aromatic nitrogens is 2. The molecule has 182 valence electrons. The van der Waals surface area contributed by atoms with Crippen molar-refractivity contribution in [2.24, 2.45) is 5.73 Å². The lowest BCUT2D eigenvalue weighted by Crippen LogP contribution is -2.51. The number of hydrogen-bond acceptors (Lipinski definition) is 8. The van der Waals surface area contributed by atoms with Crippen LogP contribution in [0.2, 0.25) is 0 Å². The van der Waals surface area contributed by atoms with E-state index in [1.807, 2.05) is 7.05 Å². The molecule has 4 rings (SSSR count). The summed E-state index contributed by atoms with van der Waals surface area (Å²) in [6.07, 6.45) is 1.41. The summed E-state index contributed by atoms with van der Waals surface area (Å²) in [7, 11) is 1.93. The Hall–Kier alpha value is -3.38. The Labute approximate surface area is 195 Å². The van der Waals surface area contributed by atoms with Crippen molar-refractivity contribution in [3.8, 4) is 11.5 Å². The third kappa shape index (κ3) is 4.92. The van der Waals surface area contributed by atoms with Crippen molar-refractivity contribution < 1.29 is 27.8 Å². The van der Waals surface area contributed by atoms with E-state index in [-0.39, 0.29) is 36.3 Å². The van der Waals surface area contributed by atoms with Crippen LogP contribution < -0.4 is 25.4 Å². The average molecular weight is 476 g/mol. The lowest BCUT2D eigenvalue weighted by Gasteiger charge is -2.37. The fourth-order valence-electron chi connectivity index (χ4n) is 3.72. The molecule has 2 aromatic rings. The number of likely N-dealkylation sites (tertiary alicyclic amines) is 1. The average Bonchev–Trinajstić information content (AvgIpc) is 2.74. The maximum Gasteiger partial charge on any atom is 0.327 e. The molecule has 2 aliphatic rings. The number of nitrogens with zero attached hydrogens (tertiary/aromatic N) is 4. The Kier molecular flexibility index (Phi) is 6.89. The number of hydrogen-bond donors (Lipinski definition) is 2. The minimum absolute atomic E-state index is 0.0373. The number of halogens is 2. The van der Waals surface area contributed by atoms with Crippen LogP contribution in [-0.4, -0.2) is 71.7 Å². The Bertz CT molecular complexity index is 1080. The third-order valence-electron chi connectivity index (χ3n) is 6.08. The number of anilines is 1. The van der Waals surface area contributed by atoms with E-state index in [1.165, 1.54) is 12.1 Å². The van der Waals surface area contributed by atoms with Gasteiger partial charge in [0.05, 0.1) is 0 Å². The first kappa shape index (κ1) is 23.8. The van der Waals surface area contributed by atoms with Crippen LogP contribution in [0.25, 0.3) is 0 Å². The van der Waals surface area contributed by atoms with E-state index in [0.29, 0.717) is 4.90 Å². The van der Waals surface area contributed by atoms with Crippen molar-refractivity contribution in [2.45, 2.75) is 38.0 Å². The van der Waals surface area contributed by atoms with Gasteiger partial charge in [0.2, 0.25) is 11.9 Å². The van der Waals surface area contributed by atoms with Crippen molar-refractivity contribution in [1.29, 1.82) is 0 Å². The van der Waals surface area contributed by atoms with Gasteiger partial charge in [0.15, 0.2) is 23.0 Å². The molecule has 2 aromatic heterocycles. The fraction of sp³-hybridized carbons (Fsp3) is 0.455. The van der Waals surface area contributed by atoms with Crippen LogP contribution in [-0.2, 0) is 0 Å². The van der Waals surface area contributed by atoms with Crippen molar-refractivity contribution >= 4 is 17.8 Å². The number of primary amides is 1. The van der Waals surface area contributed by atoms with Gasteiger partial charge in [0.1, 0.15) is 12.7 Å². The monoisotopic (exact) mass is 476 g/mol. The maximum atomic E-state index is 14.1. The Morgan fingerprint density at radius 1 is 1.21 bits per heavy atom. The Morgan fingerprint density at radius 2 is 1.88 bits per heavy atom. The van der Waals surface area contributed by atoms with E-state index in [4.69, 9.17) is 15.2 Å². The normalized spacial score (nSPS) is 20.6. The molecular formula is C22H26F2N6O4. The zero-order valence-corrected chi connectivity index (χ0v) is 18.8. The first-order chi connectivity index (χ1) is 16.2. The van der Waals surface area contributed by atoms with Crippen LogP contribution in [0.1, 0.15) is 30.3 Å². The molecule has 0 radical (unpaired) electrons. The third-order valence-corrected chi connectivity index (χ3v) is 6.08. The second-order valence-electron chi connectivity index (χ2n) is 8.32. The molecule has 0 saturated carbocycles. The number of nitrogens with two attached hydrogens (primary N) is 1. The van der Waals surface area contributed by atoms with Crippen LogP contribution in [0.5, 0.6) is 11.5 Å². The number of amides is 3. The number of pyridine rings is 2. The van der Waals surface area contributed by atoms with Gasteiger partial charge in [0.25, 0.3) is 5.91 Å². The van der Waals surface area contributed by atoms with Gasteiger partial charge in [-0.1, -0.05) is 0 Å². The van der Waals surface area contributed by atoms with Crippen LogP contribution in [0.4, 0.5) is 19.4 Å². The van der Waals surface area contributed by atoms with E-state index < -0.39 is 35.3 Å². The molecule has 3 amide bonds. The van der Waals surface area contributed by atoms with Gasteiger partial charge >= 0.3 is 6.03 Å². The van der Waals surface area contributed by atoms with Crippen LogP contribution in [0.3, 0.4) is 0 Å². The number of carbonyl (C=O) groups excluding carboxylic acids is 2. The highest BCUT2D eigenvalue weighted by atomic mass is 19.1. The summed E-state index contributed by atoms with van der Waals surface area (Å²) in [6, 6.07) is 3.48. The van der Waals surface area contributed by atoms with E-state index in [0.717, 1.165) is 38.1 Å². The summed E-state index contributed by atoms with van der Waals surface area (Å²) in [6.45, 7) is 3.78. The number of imide groups is 1. The lowest BCUT2D eigenvalue weighted by atomic mass is 10.0. The van der Waals surface area contributed by atoms with Crippen LogP contribution >= 0.6 is 0 Å². The Morgan fingerprint density at radius 3 is 2.44 bits per heavy atom. The summed E-state index contributed by atoms with van der Waals surface area (Å²) < 4.78 is 39.6. The molecule has 2 aliphatic heterocycles. The van der Waals surface area contributed by atoms with Gasteiger partial charge in [-0.25, -0.2) is 14.7 Å². The van der Waals surface area contributed by atoms with Crippen molar-refractivity contribution in [1.82, 2.24) is 20.2 Å². The van der Waals surface area contributed by atoms with Gasteiger partial charge < -0.3 is 20.5 Å². The van der Waals surface area contributed by atoms with E-state index in [2.05, 4.69) is 20.2 Å². The van der Waals surface area contributed by atoms with Crippen LogP contribution in [0.15, 0.2) is 24.3 Å². The first-order valence-electron chi connectivity index (χ1n) is 10.9. The topological polar surface area (TPSA) is 123 Å². The smallest absolute Gasteiger partial charge is 0.327 e. The first-order valence-corrected chi connectivity index (χ1v) is 10.9.